The van der Waals surface area contributed by atoms with E-state index in [1.807, 2.05) is 29.2 Å². The van der Waals surface area contributed by atoms with Crippen LogP contribution in [-0.2, 0) is 15.7 Å². The Bertz CT molecular complexity index is 881. The van der Waals surface area contributed by atoms with Gasteiger partial charge in [0.15, 0.2) is 10.8 Å². The van der Waals surface area contributed by atoms with Crippen LogP contribution in [0.4, 0.5) is 24.0 Å². The predicted octanol–water partition coefficient (Wildman–Crippen LogP) is 3.45. The van der Waals surface area contributed by atoms with E-state index in [1.165, 1.54) is 6.92 Å². The van der Waals surface area contributed by atoms with Crippen molar-refractivity contribution in [3.63, 3.8) is 0 Å². The Hall–Kier alpha value is -2.33. The Labute approximate surface area is 176 Å². The monoisotopic (exact) mass is 440 g/mol. The minimum atomic E-state index is -4.47. The Morgan fingerprint density at radius 2 is 1.90 bits per heavy atom. The van der Waals surface area contributed by atoms with Crippen molar-refractivity contribution < 1.29 is 22.7 Å². The van der Waals surface area contributed by atoms with E-state index in [1.54, 1.807) is 0 Å². The predicted molar refractivity (Wildman–Crippen MR) is 109 cm³/mol. The van der Waals surface area contributed by atoms with Gasteiger partial charge in [0, 0.05) is 37.6 Å². The molecule has 0 aliphatic carbocycles. The summed E-state index contributed by atoms with van der Waals surface area (Å²) in [6.45, 7) is 4.99. The molecule has 1 aromatic carbocycles. The fraction of sp³-hybridized carbons (Fsp3) is 0.500. The molecule has 1 N–H and O–H groups in total. The molecule has 0 saturated carbocycles. The molecule has 6 nitrogen and oxygen atoms in total. The molecule has 4 rings (SSSR count). The molecule has 3 heterocycles. The number of morpholine rings is 1. The Balaban J connectivity index is 1.61. The second-order valence-electron chi connectivity index (χ2n) is 7.44. The molecule has 2 fully saturated rings. The fourth-order valence-corrected chi connectivity index (χ4v) is 4.96. The highest BCUT2D eigenvalue weighted by molar-refractivity contribution is 7.13. The third kappa shape index (κ3) is 4.39. The van der Waals surface area contributed by atoms with Gasteiger partial charge in [0.2, 0.25) is 5.91 Å². The maximum atomic E-state index is 13.0. The number of anilines is 2. The number of carbonyl (C=O) groups excluding carboxylic acids is 1. The van der Waals surface area contributed by atoms with Gasteiger partial charge in [-0.3, -0.25) is 4.79 Å². The summed E-state index contributed by atoms with van der Waals surface area (Å²) >= 11 is 0.979. The number of ether oxygens (including phenoxy) is 1. The molecule has 0 bridgehead atoms. The second kappa shape index (κ2) is 8.43. The van der Waals surface area contributed by atoms with E-state index in [9.17, 15) is 18.0 Å². The fourth-order valence-electron chi connectivity index (χ4n) is 4.06. The third-order valence-corrected chi connectivity index (χ3v) is 6.30. The Morgan fingerprint density at radius 3 is 2.50 bits per heavy atom. The first kappa shape index (κ1) is 20.9. The van der Waals surface area contributed by atoms with Gasteiger partial charge in [0.1, 0.15) is 0 Å². The highest BCUT2D eigenvalue weighted by Gasteiger charge is 2.40. The van der Waals surface area contributed by atoms with Gasteiger partial charge >= 0.3 is 6.18 Å². The maximum Gasteiger partial charge on any atom is 0.434 e. The summed E-state index contributed by atoms with van der Waals surface area (Å²) in [6.07, 6.45) is -3.84. The van der Waals surface area contributed by atoms with Crippen molar-refractivity contribution in [2.75, 3.05) is 42.6 Å². The molecular formula is C20H23F3N4O2S. The first-order valence-electron chi connectivity index (χ1n) is 9.82. The van der Waals surface area contributed by atoms with Crippen LogP contribution in [0.5, 0.6) is 0 Å². The first-order chi connectivity index (χ1) is 14.3. The number of hydrogen-bond donors (Lipinski definition) is 1. The van der Waals surface area contributed by atoms with E-state index >= 15 is 0 Å². The number of amides is 1. The van der Waals surface area contributed by atoms with E-state index in [-0.39, 0.29) is 18.0 Å². The van der Waals surface area contributed by atoms with E-state index in [0.29, 0.717) is 31.3 Å². The quantitative estimate of drug-likeness (QED) is 0.789. The van der Waals surface area contributed by atoms with Gasteiger partial charge in [-0.2, -0.15) is 13.2 Å². The van der Waals surface area contributed by atoms with Crippen LogP contribution in [0.25, 0.3) is 0 Å². The number of carbonyl (C=O) groups is 1. The zero-order valence-electron chi connectivity index (χ0n) is 16.5. The van der Waals surface area contributed by atoms with Crippen molar-refractivity contribution in [2.45, 2.75) is 31.6 Å². The first-order valence-corrected chi connectivity index (χ1v) is 10.7. The van der Waals surface area contributed by atoms with Crippen LogP contribution >= 0.6 is 11.3 Å². The number of halogens is 3. The SMILES string of the molecule is CC(=O)N[C@@H]1CCN(c2nc(C(F)(F)F)cs2)[C@@H]1c1ccc(N2CCOCC2)cc1. The molecule has 2 aliphatic rings. The van der Waals surface area contributed by atoms with Gasteiger partial charge in [0.25, 0.3) is 0 Å². The highest BCUT2D eigenvalue weighted by atomic mass is 32.1. The van der Waals surface area contributed by atoms with Crippen LogP contribution in [0.3, 0.4) is 0 Å². The number of aromatic nitrogens is 1. The van der Waals surface area contributed by atoms with Crippen LogP contribution in [-0.4, -0.2) is 49.8 Å². The van der Waals surface area contributed by atoms with Gasteiger partial charge in [-0.15, -0.1) is 11.3 Å². The van der Waals surface area contributed by atoms with Crippen LogP contribution in [0, 0.1) is 0 Å². The molecule has 30 heavy (non-hydrogen) atoms. The molecule has 0 unspecified atom stereocenters. The Morgan fingerprint density at radius 1 is 1.20 bits per heavy atom. The minimum absolute atomic E-state index is 0.160. The molecule has 162 valence electrons. The number of alkyl halides is 3. The van der Waals surface area contributed by atoms with Gasteiger partial charge in [0.05, 0.1) is 25.3 Å². The standard InChI is InChI=1S/C20H23F3N4O2S/c1-13(28)24-16-6-7-27(19-25-17(12-30-19)20(21,22)23)18(16)14-2-4-15(5-3-14)26-8-10-29-11-9-26/h2-5,12,16,18H,6-11H2,1H3,(H,24,28)/t16-,18-/m1/s1. The largest absolute Gasteiger partial charge is 0.434 e. The number of nitrogens with one attached hydrogen (secondary N) is 1. The summed E-state index contributed by atoms with van der Waals surface area (Å²) in [6, 6.07) is 7.53. The molecule has 1 amide bonds. The van der Waals surface area contributed by atoms with Gasteiger partial charge < -0.3 is 19.9 Å². The molecular weight excluding hydrogens is 417 g/mol. The molecule has 2 atom stereocenters. The van der Waals surface area contributed by atoms with Gasteiger partial charge in [-0.25, -0.2) is 4.98 Å². The highest BCUT2D eigenvalue weighted by Crippen LogP contribution is 2.40. The van der Waals surface area contributed by atoms with Crippen molar-refractivity contribution >= 4 is 28.1 Å². The van der Waals surface area contributed by atoms with Crippen LogP contribution in [0.1, 0.15) is 30.6 Å². The third-order valence-electron chi connectivity index (χ3n) is 5.43. The number of thiazole rings is 1. The lowest BCUT2D eigenvalue weighted by atomic mass is 9.99. The van der Waals surface area contributed by atoms with Crippen LogP contribution in [0.2, 0.25) is 0 Å². The number of hydrogen-bond acceptors (Lipinski definition) is 6. The molecule has 2 aromatic rings. The van der Waals surface area contributed by atoms with E-state index in [4.69, 9.17) is 4.74 Å². The minimum Gasteiger partial charge on any atom is -0.378 e. The lowest BCUT2D eigenvalue weighted by Gasteiger charge is -2.31. The summed E-state index contributed by atoms with van der Waals surface area (Å²) in [5.74, 6) is -0.160. The smallest absolute Gasteiger partial charge is 0.378 e. The lowest BCUT2D eigenvalue weighted by Crippen LogP contribution is -2.39. The maximum absolute atomic E-state index is 13.0. The van der Waals surface area contributed by atoms with Crippen LogP contribution in [0.15, 0.2) is 29.6 Å². The average molecular weight is 440 g/mol. The van der Waals surface area contributed by atoms with Crippen molar-refractivity contribution in [3.05, 3.63) is 40.9 Å². The topological polar surface area (TPSA) is 57.7 Å². The van der Waals surface area contributed by atoms with Gasteiger partial charge in [-0.05, 0) is 24.1 Å². The number of rotatable bonds is 4. The summed E-state index contributed by atoms with van der Waals surface area (Å²) in [5.41, 5.74) is 1.13. The molecule has 0 radical (unpaired) electrons. The normalized spacial score (nSPS) is 22.4. The molecule has 2 saturated heterocycles. The summed E-state index contributed by atoms with van der Waals surface area (Å²) in [5, 5.41) is 4.31. The van der Waals surface area contributed by atoms with E-state index in [0.717, 1.165) is 41.1 Å². The Kier molecular flexibility index (Phi) is 5.88. The van der Waals surface area contributed by atoms with Gasteiger partial charge in [-0.1, -0.05) is 12.1 Å². The van der Waals surface area contributed by atoms with E-state index in [2.05, 4.69) is 15.2 Å². The summed E-state index contributed by atoms with van der Waals surface area (Å²) in [4.78, 5) is 19.6. The second-order valence-corrected chi connectivity index (χ2v) is 8.27. The van der Waals surface area contributed by atoms with Crippen molar-refractivity contribution in [3.8, 4) is 0 Å². The van der Waals surface area contributed by atoms with Crippen LogP contribution < -0.4 is 15.1 Å². The molecule has 0 spiro atoms. The van der Waals surface area contributed by atoms with E-state index < -0.39 is 11.9 Å². The van der Waals surface area contributed by atoms with Crippen molar-refractivity contribution in [1.29, 1.82) is 0 Å². The zero-order chi connectivity index (χ0) is 21.3. The average Bonchev–Trinajstić information content (AvgIpc) is 3.35. The molecule has 1 aromatic heterocycles. The summed E-state index contributed by atoms with van der Waals surface area (Å²) in [7, 11) is 0. The number of benzene rings is 1. The summed E-state index contributed by atoms with van der Waals surface area (Å²) < 4.78 is 44.5. The zero-order valence-corrected chi connectivity index (χ0v) is 17.3. The van der Waals surface area contributed by atoms with Crippen molar-refractivity contribution in [1.82, 2.24) is 10.3 Å². The lowest BCUT2D eigenvalue weighted by molar-refractivity contribution is -0.140. The molecule has 2 aliphatic heterocycles. The molecule has 10 heteroatoms. The van der Waals surface area contributed by atoms with Crippen molar-refractivity contribution in [2.24, 2.45) is 0 Å². The number of nitrogens with zero attached hydrogens (tertiary/aromatic N) is 3.